The van der Waals surface area contributed by atoms with Gasteiger partial charge in [-0.1, -0.05) is 0 Å². The lowest BCUT2D eigenvalue weighted by Gasteiger charge is -2.33. The zero-order chi connectivity index (χ0) is 15.6. The Morgan fingerprint density at radius 1 is 1.48 bits per heavy atom. The first kappa shape index (κ1) is 15.3. The largest absolute Gasteiger partial charge is 0.484 e. The van der Waals surface area contributed by atoms with Gasteiger partial charge in [0.1, 0.15) is 11.4 Å². The van der Waals surface area contributed by atoms with Crippen LogP contribution in [-0.2, 0) is 4.79 Å². The van der Waals surface area contributed by atoms with Crippen molar-refractivity contribution in [2.24, 2.45) is 0 Å². The van der Waals surface area contributed by atoms with Crippen LogP contribution in [0.15, 0.2) is 18.2 Å². The van der Waals surface area contributed by atoms with E-state index in [0.717, 1.165) is 5.69 Å². The summed E-state index contributed by atoms with van der Waals surface area (Å²) in [5.74, 6) is -0.419. The Kier molecular flexibility index (Phi) is 4.18. The molecule has 0 radical (unpaired) electrons. The maximum absolute atomic E-state index is 12.2. The molecule has 0 aliphatic carbocycles. The number of hydrogen-bond donors (Lipinski definition) is 3. The van der Waals surface area contributed by atoms with E-state index >= 15 is 0 Å². The number of carboxylic acid groups (broad SMARTS) is 1. The summed E-state index contributed by atoms with van der Waals surface area (Å²) in [5, 5.41) is 14.5. The van der Waals surface area contributed by atoms with Crippen LogP contribution in [0.5, 0.6) is 5.75 Å². The molecule has 6 heteroatoms. The summed E-state index contributed by atoms with van der Waals surface area (Å²) in [6.07, 6.45) is 0. The van der Waals surface area contributed by atoms with Crippen molar-refractivity contribution in [2.45, 2.75) is 32.4 Å². The van der Waals surface area contributed by atoms with E-state index in [1.807, 2.05) is 13.8 Å². The summed E-state index contributed by atoms with van der Waals surface area (Å²) in [4.78, 5) is 22.8. The van der Waals surface area contributed by atoms with Crippen LogP contribution in [0.4, 0.5) is 5.69 Å². The molecule has 1 heterocycles. The minimum absolute atomic E-state index is 0.148. The molecular weight excluding hydrogens is 272 g/mol. The molecule has 0 fully saturated rings. The molecule has 0 saturated carbocycles. The van der Waals surface area contributed by atoms with Crippen LogP contribution in [-0.4, -0.2) is 41.6 Å². The molecule has 1 aromatic rings. The lowest BCUT2D eigenvalue weighted by Crippen LogP contribution is -2.40. The number of hydrogen-bond acceptors (Lipinski definition) is 5. The van der Waals surface area contributed by atoms with Crippen molar-refractivity contribution in [1.82, 2.24) is 5.32 Å². The van der Waals surface area contributed by atoms with Crippen LogP contribution in [0.2, 0.25) is 0 Å². The van der Waals surface area contributed by atoms with Crippen LogP contribution in [0.1, 0.15) is 31.1 Å². The Hall–Kier alpha value is -2.08. The van der Waals surface area contributed by atoms with Gasteiger partial charge in [-0.05, 0) is 39.0 Å². The van der Waals surface area contributed by atoms with E-state index in [4.69, 9.17) is 9.84 Å². The summed E-state index contributed by atoms with van der Waals surface area (Å²) >= 11 is 0. The van der Waals surface area contributed by atoms with Crippen molar-refractivity contribution in [3.05, 3.63) is 23.8 Å². The summed E-state index contributed by atoms with van der Waals surface area (Å²) in [6, 6.07) is 4.65. The fourth-order valence-electron chi connectivity index (χ4n) is 2.14. The summed E-state index contributed by atoms with van der Waals surface area (Å²) in [5.41, 5.74) is 1.02. The first-order valence-corrected chi connectivity index (χ1v) is 6.85. The van der Waals surface area contributed by atoms with Crippen LogP contribution in [0.3, 0.4) is 0 Å². The second kappa shape index (κ2) is 5.73. The quantitative estimate of drug-likeness (QED) is 0.713. The number of aliphatic carboxylic acids is 1. The molecule has 6 nitrogen and oxygen atoms in total. The van der Waals surface area contributed by atoms with Crippen molar-refractivity contribution < 1.29 is 19.4 Å². The molecule has 1 atom stereocenters. The number of nitrogens with one attached hydrogen (secondary N) is 2. The summed E-state index contributed by atoms with van der Waals surface area (Å²) < 4.78 is 5.83. The lowest BCUT2D eigenvalue weighted by molar-refractivity contribution is -0.136. The number of fused-ring (bicyclic) bond motifs is 1. The molecule has 1 aromatic carbocycles. The van der Waals surface area contributed by atoms with Gasteiger partial charge in [-0.15, -0.1) is 0 Å². The fraction of sp³-hybridized carbons (Fsp3) is 0.467. The molecule has 1 unspecified atom stereocenters. The number of ketones is 1. The molecule has 1 aliphatic rings. The van der Waals surface area contributed by atoms with Crippen molar-refractivity contribution in [3.63, 3.8) is 0 Å². The van der Waals surface area contributed by atoms with Crippen molar-refractivity contribution in [1.29, 1.82) is 0 Å². The number of Topliss-reactive ketones (excluding diaryl/α,β-unsaturated/α-hetero) is 1. The lowest BCUT2D eigenvalue weighted by atomic mass is 10.0. The van der Waals surface area contributed by atoms with Crippen LogP contribution < -0.4 is 15.4 Å². The van der Waals surface area contributed by atoms with Gasteiger partial charge in [-0.25, -0.2) is 0 Å². The number of benzene rings is 1. The maximum atomic E-state index is 12.2. The SMILES string of the molecule is CC(NCC(=O)O)C(=O)c1ccc2c(c1)NCC(C)(C)O2. The number of carboxylic acids is 1. The van der Waals surface area contributed by atoms with Gasteiger partial charge < -0.3 is 15.2 Å². The molecule has 3 N–H and O–H groups in total. The average molecular weight is 292 g/mol. The Morgan fingerprint density at radius 3 is 2.86 bits per heavy atom. The topological polar surface area (TPSA) is 87.7 Å². The highest BCUT2D eigenvalue weighted by atomic mass is 16.5. The zero-order valence-electron chi connectivity index (χ0n) is 12.4. The van der Waals surface area contributed by atoms with Gasteiger partial charge in [0.05, 0.1) is 24.8 Å². The minimum atomic E-state index is -0.989. The van der Waals surface area contributed by atoms with Crippen molar-refractivity contribution in [3.8, 4) is 5.75 Å². The fourth-order valence-corrected chi connectivity index (χ4v) is 2.14. The van der Waals surface area contributed by atoms with Crippen LogP contribution >= 0.6 is 0 Å². The van der Waals surface area contributed by atoms with E-state index in [2.05, 4.69) is 10.6 Å². The Morgan fingerprint density at radius 2 is 2.19 bits per heavy atom. The number of carbonyl (C=O) groups excluding carboxylic acids is 1. The molecule has 0 spiro atoms. The molecule has 114 valence electrons. The van der Waals surface area contributed by atoms with Crippen molar-refractivity contribution in [2.75, 3.05) is 18.4 Å². The van der Waals surface area contributed by atoms with E-state index < -0.39 is 12.0 Å². The van der Waals surface area contributed by atoms with Crippen LogP contribution in [0, 0.1) is 0 Å². The highest BCUT2D eigenvalue weighted by Crippen LogP contribution is 2.33. The molecule has 0 bridgehead atoms. The first-order chi connectivity index (χ1) is 9.78. The van der Waals surface area contributed by atoms with Gasteiger partial charge in [0.25, 0.3) is 0 Å². The van der Waals surface area contributed by atoms with Gasteiger partial charge in [-0.3, -0.25) is 14.9 Å². The highest BCUT2D eigenvalue weighted by Gasteiger charge is 2.27. The van der Waals surface area contributed by atoms with Gasteiger partial charge in [0.15, 0.2) is 5.78 Å². The third kappa shape index (κ3) is 3.72. The van der Waals surface area contributed by atoms with E-state index in [1.54, 1.807) is 25.1 Å². The van der Waals surface area contributed by atoms with Gasteiger partial charge >= 0.3 is 5.97 Å². The van der Waals surface area contributed by atoms with Crippen molar-refractivity contribution >= 4 is 17.4 Å². The number of anilines is 1. The third-order valence-electron chi connectivity index (χ3n) is 3.31. The second-order valence-corrected chi connectivity index (χ2v) is 5.79. The summed E-state index contributed by atoms with van der Waals surface area (Å²) in [7, 11) is 0. The molecule has 0 saturated heterocycles. The van der Waals surface area contributed by atoms with Crippen LogP contribution in [0.25, 0.3) is 0 Å². The van der Waals surface area contributed by atoms with E-state index in [9.17, 15) is 9.59 Å². The minimum Gasteiger partial charge on any atom is -0.484 e. The molecule has 2 rings (SSSR count). The Balaban J connectivity index is 2.11. The summed E-state index contributed by atoms with van der Waals surface area (Å²) in [6.45, 7) is 6.04. The monoisotopic (exact) mass is 292 g/mol. The maximum Gasteiger partial charge on any atom is 0.317 e. The van der Waals surface area contributed by atoms with E-state index in [1.165, 1.54) is 0 Å². The van der Waals surface area contributed by atoms with Gasteiger partial charge in [0, 0.05) is 5.56 Å². The molecule has 0 amide bonds. The Bertz CT molecular complexity index is 569. The number of ether oxygens (including phenoxy) is 1. The molecule has 0 aromatic heterocycles. The second-order valence-electron chi connectivity index (χ2n) is 5.79. The predicted molar refractivity (Wildman–Crippen MR) is 79.1 cm³/mol. The number of rotatable bonds is 5. The first-order valence-electron chi connectivity index (χ1n) is 6.85. The van der Waals surface area contributed by atoms with Gasteiger partial charge in [0.2, 0.25) is 0 Å². The third-order valence-corrected chi connectivity index (χ3v) is 3.31. The molecule has 21 heavy (non-hydrogen) atoms. The number of carbonyl (C=O) groups is 2. The zero-order valence-corrected chi connectivity index (χ0v) is 12.4. The van der Waals surface area contributed by atoms with E-state index in [-0.39, 0.29) is 17.9 Å². The average Bonchev–Trinajstić information content (AvgIpc) is 2.42. The van der Waals surface area contributed by atoms with E-state index in [0.29, 0.717) is 17.9 Å². The smallest absolute Gasteiger partial charge is 0.317 e. The molecular formula is C15H20N2O4. The predicted octanol–water partition coefficient (Wildman–Crippen LogP) is 1.51. The molecule has 1 aliphatic heterocycles. The highest BCUT2D eigenvalue weighted by molar-refractivity contribution is 6.01. The normalized spacial score (nSPS) is 17.1. The van der Waals surface area contributed by atoms with Gasteiger partial charge in [-0.2, -0.15) is 0 Å². The Labute approximate surface area is 123 Å². The standard InChI is InChI=1S/C15H20N2O4/c1-9(16-7-13(18)19)14(20)10-4-5-12-11(6-10)17-8-15(2,3)21-12/h4-6,9,16-17H,7-8H2,1-3H3,(H,18,19).